The molecule has 0 amide bonds. The van der Waals surface area contributed by atoms with E-state index in [0.29, 0.717) is 10.7 Å². The van der Waals surface area contributed by atoms with E-state index in [2.05, 4.69) is 26.2 Å². The number of aromatic nitrogens is 1. The van der Waals surface area contributed by atoms with Gasteiger partial charge in [0, 0.05) is 27.1 Å². The first-order chi connectivity index (χ1) is 9.65. The Morgan fingerprint density at radius 3 is 2.80 bits per heavy atom. The SMILES string of the molecule is Nc1ccc(Cl)c(Nc2nccc3c(Br)cccc23)c1. The van der Waals surface area contributed by atoms with Gasteiger partial charge in [-0.05, 0) is 30.3 Å². The van der Waals surface area contributed by atoms with E-state index in [9.17, 15) is 0 Å². The van der Waals surface area contributed by atoms with Crippen LogP contribution in [-0.4, -0.2) is 4.98 Å². The first kappa shape index (κ1) is 13.2. The van der Waals surface area contributed by atoms with Crippen LogP contribution in [0, 0.1) is 0 Å². The normalized spacial score (nSPS) is 10.7. The van der Waals surface area contributed by atoms with Crippen molar-refractivity contribution in [3.63, 3.8) is 0 Å². The summed E-state index contributed by atoms with van der Waals surface area (Å²) in [6.45, 7) is 0. The summed E-state index contributed by atoms with van der Waals surface area (Å²) >= 11 is 9.71. The molecule has 0 fully saturated rings. The summed E-state index contributed by atoms with van der Waals surface area (Å²) in [4.78, 5) is 4.38. The third-order valence-electron chi connectivity index (χ3n) is 3.00. The number of hydrogen-bond acceptors (Lipinski definition) is 3. The second kappa shape index (κ2) is 5.31. The number of benzene rings is 2. The second-order valence-electron chi connectivity index (χ2n) is 4.36. The van der Waals surface area contributed by atoms with Crippen LogP contribution < -0.4 is 11.1 Å². The van der Waals surface area contributed by atoms with E-state index >= 15 is 0 Å². The molecule has 5 heteroatoms. The van der Waals surface area contributed by atoms with Crippen LogP contribution in [0.3, 0.4) is 0 Å². The van der Waals surface area contributed by atoms with Crippen molar-refractivity contribution in [3.05, 3.63) is 58.2 Å². The molecule has 2 aromatic carbocycles. The number of anilines is 3. The van der Waals surface area contributed by atoms with Gasteiger partial charge in [-0.3, -0.25) is 0 Å². The van der Waals surface area contributed by atoms with Gasteiger partial charge in [0.1, 0.15) is 5.82 Å². The Hall–Kier alpha value is -1.78. The summed E-state index contributed by atoms with van der Waals surface area (Å²) in [7, 11) is 0. The van der Waals surface area contributed by atoms with Gasteiger partial charge in [-0.15, -0.1) is 0 Å². The van der Waals surface area contributed by atoms with E-state index in [0.717, 1.165) is 26.8 Å². The van der Waals surface area contributed by atoms with Crippen LogP contribution >= 0.6 is 27.5 Å². The monoisotopic (exact) mass is 347 g/mol. The minimum atomic E-state index is 0.605. The van der Waals surface area contributed by atoms with Crippen molar-refractivity contribution in [2.45, 2.75) is 0 Å². The quantitative estimate of drug-likeness (QED) is 0.642. The first-order valence-corrected chi connectivity index (χ1v) is 7.17. The van der Waals surface area contributed by atoms with Crippen molar-refractivity contribution >= 4 is 55.5 Å². The topological polar surface area (TPSA) is 50.9 Å². The highest BCUT2D eigenvalue weighted by molar-refractivity contribution is 9.10. The van der Waals surface area contributed by atoms with Crippen LogP contribution in [-0.2, 0) is 0 Å². The largest absolute Gasteiger partial charge is 0.399 e. The Kier molecular flexibility index (Phi) is 3.51. The molecule has 0 atom stereocenters. The highest BCUT2D eigenvalue weighted by Crippen LogP contribution is 2.32. The van der Waals surface area contributed by atoms with E-state index in [4.69, 9.17) is 17.3 Å². The van der Waals surface area contributed by atoms with Gasteiger partial charge in [0.2, 0.25) is 0 Å². The molecule has 0 radical (unpaired) electrons. The lowest BCUT2D eigenvalue weighted by Gasteiger charge is -2.11. The predicted molar refractivity (Wildman–Crippen MR) is 88.6 cm³/mol. The highest BCUT2D eigenvalue weighted by Gasteiger charge is 2.07. The van der Waals surface area contributed by atoms with Crippen molar-refractivity contribution in [1.82, 2.24) is 4.98 Å². The molecule has 1 aromatic heterocycles. The summed E-state index contributed by atoms with van der Waals surface area (Å²) < 4.78 is 1.03. The molecule has 0 aliphatic carbocycles. The van der Waals surface area contributed by atoms with Gasteiger partial charge in [-0.25, -0.2) is 4.98 Å². The Labute approximate surface area is 129 Å². The van der Waals surface area contributed by atoms with E-state index in [1.165, 1.54) is 0 Å². The smallest absolute Gasteiger partial charge is 0.138 e. The summed E-state index contributed by atoms with van der Waals surface area (Å²) in [6, 6.07) is 13.3. The van der Waals surface area contributed by atoms with Crippen LogP contribution in [0.4, 0.5) is 17.2 Å². The summed E-state index contributed by atoms with van der Waals surface area (Å²) in [5.41, 5.74) is 7.18. The lowest BCUT2D eigenvalue weighted by Crippen LogP contribution is -1.96. The Balaban J connectivity index is 2.11. The lowest BCUT2D eigenvalue weighted by molar-refractivity contribution is 1.34. The molecule has 0 saturated carbocycles. The summed E-state index contributed by atoms with van der Waals surface area (Å²) in [5, 5.41) is 5.95. The van der Waals surface area contributed by atoms with Gasteiger partial charge in [0.25, 0.3) is 0 Å². The lowest BCUT2D eigenvalue weighted by atomic mass is 10.1. The van der Waals surface area contributed by atoms with Gasteiger partial charge >= 0.3 is 0 Å². The third-order valence-corrected chi connectivity index (χ3v) is 4.02. The van der Waals surface area contributed by atoms with Gasteiger partial charge in [-0.2, -0.15) is 0 Å². The second-order valence-corrected chi connectivity index (χ2v) is 5.62. The molecule has 3 rings (SSSR count). The Morgan fingerprint density at radius 2 is 1.95 bits per heavy atom. The summed E-state index contributed by atoms with van der Waals surface area (Å²) in [5.74, 6) is 0.747. The molecular weight excluding hydrogens is 338 g/mol. The fourth-order valence-electron chi connectivity index (χ4n) is 2.03. The molecule has 20 heavy (non-hydrogen) atoms. The van der Waals surface area contributed by atoms with Crippen molar-refractivity contribution in [2.75, 3.05) is 11.1 Å². The minimum Gasteiger partial charge on any atom is -0.399 e. The van der Waals surface area contributed by atoms with Crippen molar-refractivity contribution in [3.8, 4) is 0 Å². The van der Waals surface area contributed by atoms with Gasteiger partial charge in [0.15, 0.2) is 0 Å². The molecular formula is C15H11BrClN3. The third kappa shape index (κ3) is 2.44. The molecule has 3 nitrogen and oxygen atoms in total. The maximum absolute atomic E-state index is 6.17. The molecule has 0 unspecified atom stereocenters. The van der Waals surface area contributed by atoms with Crippen LogP contribution in [0.1, 0.15) is 0 Å². The zero-order valence-electron chi connectivity index (χ0n) is 10.4. The fraction of sp³-hybridized carbons (Fsp3) is 0. The molecule has 0 aliphatic rings. The zero-order chi connectivity index (χ0) is 14.1. The van der Waals surface area contributed by atoms with Crippen molar-refractivity contribution in [1.29, 1.82) is 0 Å². The molecule has 0 saturated heterocycles. The van der Waals surface area contributed by atoms with Crippen molar-refractivity contribution in [2.24, 2.45) is 0 Å². The van der Waals surface area contributed by atoms with Crippen LogP contribution in [0.15, 0.2) is 53.1 Å². The fourth-order valence-corrected chi connectivity index (χ4v) is 2.70. The molecule has 0 spiro atoms. The number of nitrogens with zero attached hydrogens (tertiary/aromatic N) is 1. The number of halogens is 2. The standard InChI is InChI=1S/C15H11BrClN3/c16-12-3-1-2-11-10(12)6-7-19-15(11)20-14-8-9(18)4-5-13(14)17/h1-8H,18H2,(H,19,20). The highest BCUT2D eigenvalue weighted by atomic mass is 79.9. The maximum Gasteiger partial charge on any atom is 0.138 e. The van der Waals surface area contributed by atoms with E-state index in [-0.39, 0.29) is 0 Å². The predicted octanol–water partition coefficient (Wildman–Crippen LogP) is 4.98. The van der Waals surface area contributed by atoms with E-state index in [1.807, 2.05) is 24.3 Å². The molecule has 3 N–H and O–H groups in total. The number of fused-ring (bicyclic) bond motifs is 1. The average molecular weight is 349 g/mol. The molecule has 0 aliphatic heterocycles. The molecule has 3 aromatic rings. The number of hydrogen-bond donors (Lipinski definition) is 2. The Morgan fingerprint density at radius 1 is 1.10 bits per heavy atom. The summed E-state index contributed by atoms with van der Waals surface area (Å²) in [6.07, 6.45) is 1.76. The van der Waals surface area contributed by atoms with E-state index < -0.39 is 0 Å². The minimum absolute atomic E-state index is 0.605. The maximum atomic E-state index is 6.17. The zero-order valence-corrected chi connectivity index (χ0v) is 12.7. The number of nitrogens with one attached hydrogen (secondary N) is 1. The molecule has 1 heterocycles. The average Bonchev–Trinajstić information content (AvgIpc) is 2.44. The van der Waals surface area contributed by atoms with Crippen LogP contribution in [0.2, 0.25) is 5.02 Å². The first-order valence-electron chi connectivity index (χ1n) is 6.00. The van der Waals surface area contributed by atoms with Gasteiger partial charge < -0.3 is 11.1 Å². The van der Waals surface area contributed by atoms with Crippen LogP contribution in [0.25, 0.3) is 10.8 Å². The van der Waals surface area contributed by atoms with E-state index in [1.54, 1.807) is 24.4 Å². The number of rotatable bonds is 2. The van der Waals surface area contributed by atoms with Gasteiger partial charge in [-0.1, -0.05) is 39.7 Å². The van der Waals surface area contributed by atoms with Crippen LogP contribution in [0.5, 0.6) is 0 Å². The van der Waals surface area contributed by atoms with Gasteiger partial charge in [0.05, 0.1) is 10.7 Å². The molecule has 0 bridgehead atoms. The molecule has 100 valence electrons. The number of nitrogen functional groups attached to an aromatic ring is 1. The number of nitrogens with two attached hydrogens (primary N) is 1. The Bertz CT molecular complexity index is 789. The van der Waals surface area contributed by atoms with Crippen molar-refractivity contribution < 1.29 is 0 Å². The number of pyridine rings is 1.